The summed E-state index contributed by atoms with van der Waals surface area (Å²) >= 11 is 0. The summed E-state index contributed by atoms with van der Waals surface area (Å²) < 4.78 is 87.5. The minimum absolute atomic E-state index is 0. The van der Waals surface area contributed by atoms with Gasteiger partial charge in [0, 0.05) is 37.9 Å². The van der Waals surface area contributed by atoms with Crippen LogP contribution < -0.4 is 9.80 Å². The molecule has 5 rings (SSSR count). The fourth-order valence-electron chi connectivity index (χ4n) is 6.63. The average Bonchev–Trinajstić information content (AvgIpc) is 3.63. The first kappa shape index (κ1) is 35.4. The first-order valence-electron chi connectivity index (χ1n) is 15.3. The lowest BCUT2D eigenvalue weighted by atomic mass is 9.81. The Hall–Kier alpha value is -3.41. The zero-order valence-corrected chi connectivity index (χ0v) is 26.5. The van der Waals surface area contributed by atoms with Gasteiger partial charge in [0.15, 0.2) is 0 Å². The molecule has 0 atom stereocenters. The van der Waals surface area contributed by atoms with Crippen LogP contribution >= 0.6 is 12.4 Å². The lowest BCUT2D eigenvalue weighted by Crippen LogP contribution is -2.34. The molecule has 1 aromatic heterocycles. The van der Waals surface area contributed by atoms with Crippen molar-refractivity contribution < 1.29 is 40.8 Å². The minimum atomic E-state index is -4.96. The van der Waals surface area contributed by atoms with E-state index in [1.807, 2.05) is 6.92 Å². The van der Waals surface area contributed by atoms with Crippen LogP contribution in [0.5, 0.6) is 0 Å². The Morgan fingerprint density at radius 3 is 2.02 bits per heavy atom. The van der Waals surface area contributed by atoms with Gasteiger partial charge in [-0.15, -0.1) is 12.4 Å². The number of benzene rings is 2. The molecule has 3 aromatic rings. The number of anilines is 2. The van der Waals surface area contributed by atoms with Crippen LogP contribution in [0.2, 0.25) is 0 Å². The van der Waals surface area contributed by atoms with E-state index in [1.54, 1.807) is 17.9 Å². The molecule has 0 bridgehead atoms. The molecule has 2 aromatic carbocycles. The van der Waals surface area contributed by atoms with Gasteiger partial charge in [0.1, 0.15) is 0 Å². The Morgan fingerprint density at radius 1 is 0.891 bits per heavy atom. The number of hydrogen-bond donors (Lipinski definition) is 1. The number of alkyl halides is 6. The second kappa shape index (κ2) is 14.1. The summed E-state index contributed by atoms with van der Waals surface area (Å²) in [4.78, 5) is 15.3. The molecular weight excluding hydrogens is 636 g/mol. The number of nitrogens with zero attached hydrogens (tertiary/aromatic N) is 3. The Balaban J connectivity index is 0.00000480. The molecule has 0 aliphatic heterocycles. The third-order valence-electron chi connectivity index (χ3n) is 9.00. The number of hydrogen-bond acceptors (Lipinski definition) is 5. The summed E-state index contributed by atoms with van der Waals surface area (Å²) in [6.07, 6.45) is -4.24. The Morgan fingerprint density at radius 2 is 1.50 bits per heavy atom. The van der Waals surface area contributed by atoms with E-state index < -0.39 is 29.4 Å². The zero-order valence-electron chi connectivity index (χ0n) is 25.7. The molecule has 1 N–H and O–H groups in total. The maximum atomic E-state index is 13.7. The summed E-state index contributed by atoms with van der Waals surface area (Å²) in [6.45, 7) is 5.02. The van der Waals surface area contributed by atoms with Crippen LogP contribution in [0.4, 0.5) is 37.9 Å². The Labute approximate surface area is 270 Å². The van der Waals surface area contributed by atoms with E-state index in [0.29, 0.717) is 31.0 Å². The van der Waals surface area contributed by atoms with Crippen LogP contribution in [-0.4, -0.2) is 29.3 Å². The van der Waals surface area contributed by atoms with E-state index in [4.69, 9.17) is 4.52 Å². The third kappa shape index (κ3) is 8.29. The number of carbonyl (C=O) groups is 1. The van der Waals surface area contributed by atoms with Crippen molar-refractivity contribution in [1.29, 1.82) is 0 Å². The molecule has 13 heteroatoms. The van der Waals surface area contributed by atoms with Gasteiger partial charge >= 0.3 is 18.3 Å². The lowest BCUT2D eigenvalue weighted by molar-refractivity contribution is -0.144. The molecular formula is C33H38ClF6N3O3. The van der Waals surface area contributed by atoms with E-state index in [2.05, 4.69) is 22.2 Å². The van der Waals surface area contributed by atoms with Gasteiger partial charge in [-0.2, -0.15) is 26.3 Å². The van der Waals surface area contributed by atoms with Gasteiger partial charge in [-0.05, 0) is 111 Å². The molecule has 1 fully saturated rings. The SMILES string of the molecule is CCN(C[C@H]1CC[C@H](C(=O)O)CC1)c1cc2c(cc1CN(Cc1cc(C(F)(F)F)cc(C(F)(F)F)c1)c1cc(C)no1)CCC2.Cl. The predicted molar refractivity (Wildman–Crippen MR) is 164 cm³/mol. The van der Waals surface area contributed by atoms with Crippen molar-refractivity contribution in [3.05, 3.63) is 75.5 Å². The van der Waals surface area contributed by atoms with E-state index in [9.17, 15) is 36.2 Å². The summed E-state index contributed by atoms with van der Waals surface area (Å²) in [5.41, 5.74) is 1.89. The zero-order chi connectivity index (χ0) is 32.5. The molecule has 0 amide bonds. The maximum Gasteiger partial charge on any atom is 0.416 e. The third-order valence-corrected chi connectivity index (χ3v) is 9.00. The number of fused-ring (bicyclic) bond motifs is 1. The highest BCUT2D eigenvalue weighted by Crippen LogP contribution is 2.39. The van der Waals surface area contributed by atoms with Gasteiger partial charge in [-0.1, -0.05) is 11.2 Å². The molecule has 0 radical (unpaired) electrons. The van der Waals surface area contributed by atoms with Gasteiger partial charge in [-0.3, -0.25) is 4.79 Å². The molecule has 0 unspecified atom stereocenters. The standard InChI is InChI=1S/C33H37F6N3O3.ClH/c1-3-41(17-21-7-9-23(10-8-21)31(43)44)29-15-25-6-4-5-24(25)14-26(29)19-42(30-11-20(2)40-45-30)18-22-12-27(32(34,35)36)16-28(13-22)33(37,38)39;/h11-16,21,23H,3-10,17-19H2,1-2H3,(H,43,44);1H/t21-,23-;. The number of aliphatic carboxylic acids is 1. The number of aromatic nitrogens is 1. The monoisotopic (exact) mass is 673 g/mol. The first-order chi connectivity index (χ1) is 21.2. The lowest BCUT2D eigenvalue weighted by Gasteiger charge is -2.34. The fourth-order valence-corrected chi connectivity index (χ4v) is 6.63. The molecule has 46 heavy (non-hydrogen) atoms. The number of carboxylic acids is 1. The second-order valence-electron chi connectivity index (χ2n) is 12.3. The maximum absolute atomic E-state index is 13.7. The van der Waals surface area contributed by atoms with Gasteiger partial charge < -0.3 is 19.4 Å². The molecule has 0 saturated heterocycles. The van der Waals surface area contributed by atoms with Crippen LogP contribution in [-0.2, 0) is 43.1 Å². The van der Waals surface area contributed by atoms with Crippen molar-refractivity contribution in [2.75, 3.05) is 22.9 Å². The fraction of sp³-hybridized carbons (Fsp3) is 0.515. The van der Waals surface area contributed by atoms with Crippen molar-refractivity contribution >= 4 is 29.9 Å². The van der Waals surface area contributed by atoms with E-state index in [-0.39, 0.29) is 48.9 Å². The van der Waals surface area contributed by atoms with Crippen LogP contribution in [0.15, 0.2) is 40.9 Å². The highest BCUT2D eigenvalue weighted by molar-refractivity contribution is 5.85. The van der Waals surface area contributed by atoms with Crippen molar-refractivity contribution in [2.45, 2.75) is 84.2 Å². The predicted octanol–water partition coefficient (Wildman–Crippen LogP) is 8.86. The highest BCUT2D eigenvalue weighted by atomic mass is 35.5. The van der Waals surface area contributed by atoms with Crippen molar-refractivity contribution in [3.63, 3.8) is 0 Å². The van der Waals surface area contributed by atoms with Gasteiger partial charge in [0.25, 0.3) is 0 Å². The molecule has 6 nitrogen and oxygen atoms in total. The molecule has 252 valence electrons. The van der Waals surface area contributed by atoms with Crippen LogP contribution in [0.3, 0.4) is 0 Å². The van der Waals surface area contributed by atoms with E-state index in [1.165, 1.54) is 11.1 Å². The molecule has 1 heterocycles. The Bertz CT molecular complexity index is 1480. The van der Waals surface area contributed by atoms with Gasteiger partial charge in [0.2, 0.25) is 5.88 Å². The molecule has 1 saturated carbocycles. The first-order valence-corrected chi connectivity index (χ1v) is 15.3. The number of aryl methyl sites for hydroxylation is 3. The van der Waals surface area contributed by atoms with Crippen LogP contribution in [0.1, 0.15) is 78.1 Å². The largest absolute Gasteiger partial charge is 0.481 e. The van der Waals surface area contributed by atoms with Crippen molar-refractivity contribution in [3.8, 4) is 0 Å². The summed E-state index contributed by atoms with van der Waals surface area (Å²) in [5, 5.41) is 13.3. The minimum Gasteiger partial charge on any atom is -0.481 e. The summed E-state index contributed by atoms with van der Waals surface area (Å²) in [6, 6.07) is 7.52. The summed E-state index contributed by atoms with van der Waals surface area (Å²) in [5.74, 6) is -0.535. The number of rotatable bonds is 10. The van der Waals surface area contributed by atoms with Crippen molar-refractivity contribution in [1.82, 2.24) is 5.16 Å². The normalized spacial score (nSPS) is 18.2. The van der Waals surface area contributed by atoms with Crippen LogP contribution in [0, 0.1) is 18.8 Å². The molecule has 2 aliphatic carbocycles. The number of carboxylic acid groups (broad SMARTS) is 1. The second-order valence-corrected chi connectivity index (χ2v) is 12.3. The topological polar surface area (TPSA) is 69.8 Å². The quantitative estimate of drug-likeness (QED) is 0.217. The summed E-state index contributed by atoms with van der Waals surface area (Å²) in [7, 11) is 0. The molecule has 0 spiro atoms. The van der Waals surface area contributed by atoms with Crippen LogP contribution in [0.25, 0.3) is 0 Å². The van der Waals surface area contributed by atoms with Gasteiger partial charge in [0.05, 0.1) is 22.7 Å². The molecule has 2 aliphatic rings. The smallest absolute Gasteiger partial charge is 0.416 e. The van der Waals surface area contributed by atoms with Crippen molar-refractivity contribution in [2.24, 2.45) is 11.8 Å². The number of halogens is 7. The van der Waals surface area contributed by atoms with E-state index >= 15 is 0 Å². The highest BCUT2D eigenvalue weighted by Gasteiger charge is 2.37. The Kier molecular flexibility index (Phi) is 10.9. The average molecular weight is 674 g/mol. The van der Waals surface area contributed by atoms with E-state index in [0.717, 1.165) is 62.0 Å². The van der Waals surface area contributed by atoms with Gasteiger partial charge in [-0.25, -0.2) is 0 Å².